The molecule has 9 aromatic carbocycles. The van der Waals surface area contributed by atoms with E-state index in [1.807, 2.05) is 0 Å². The van der Waals surface area contributed by atoms with Crippen LogP contribution in [0.1, 0.15) is 0 Å². The van der Waals surface area contributed by atoms with Gasteiger partial charge in [0.1, 0.15) is 5.69 Å². The van der Waals surface area contributed by atoms with E-state index >= 15 is 0 Å². The molecular weight excluding hydrogens is 595 g/mol. The molecule has 3 heteroatoms. The van der Waals surface area contributed by atoms with Crippen molar-refractivity contribution < 1.29 is 0 Å². The molecule has 0 aliphatic heterocycles. The van der Waals surface area contributed by atoms with Crippen LogP contribution in [0.2, 0.25) is 0 Å². The molecule has 0 amide bonds. The molecule has 0 unspecified atom stereocenters. The largest absolute Gasteiger partial charge is 0.292 e. The van der Waals surface area contributed by atoms with E-state index in [1.54, 1.807) is 0 Å². The summed E-state index contributed by atoms with van der Waals surface area (Å²) in [5.74, 6) is 0.828. The predicted octanol–water partition coefficient (Wildman–Crippen LogP) is 12.2. The van der Waals surface area contributed by atoms with E-state index in [4.69, 9.17) is 9.97 Å². The zero-order chi connectivity index (χ0) is 32.1. The third kappa shape index (κ3) is 3.73. The standard InChI is InChI=1S/C46H27N3/c1-2-13-30-27-31(24-23-28(30)11-1)44-46(48-45-32-14-4-3-12-29(32)25-26-39(45)47-44)49-40-21-9-19-37-35-17-7-5-15-33(35)34-16-6-8-18-36(34)38-20-10-22-41(49)43(38)42(37)40/h1-27H. The second-order valence-electron chi connectivity index (χ2n) is 12.9. The fourth-order valence-electron chi connectivity index (χ4n) is 8.16. The lowest BCUT2D eigenvalue weighted by Gasteiger charge is -2.15. The normalized spacial score (nSPS) is 12.1. The minimum Gasteiger partial charge on any atom is -0.292 e. The Bertz CT molecular complexity index is 3060. The Morgan fingerprint density at radius 1 is 0.367 bits per heavy atom. The van der Waals surface area contributed by atoms with Crippen LogP contribution in [0.5, 0.6) is 0 Å². The van der Waals surface area contributed by atoms with Crippen LogP contribution in [-0.2, 0) is 0 Å². The van der Waals surface area contributed by atoms with Crippen molar-refractivity contribution in [1.29, 1.82) is 0 Å². The summed E-state index contributed by atoms with van der Waals surface area (Å²) >= 11 is 0. The van der Waals surface area contributed by atoms with Gasteiger partial charge in [-0.05, 0) is 72.7 Å². The van der Waals surface area contributed by atoms with Gasteiger partial charge in [0, 0.05) is 21.7 Å². The first-order chi connectivity index (χ1) is 24.3. The number of nitrogens with zero attached hydrogens (tertiary/aromatic N) is 3. The second-order valence-corrected chi connectivity index (χ2v) is 12.9. The van der Waals surface area contributed by atoms with Crippen molar-refractivity contribution in [3.05, 3.63) is 164 Å². The van der Waals surface area contributed by atoms with Gasteiger partial charge >= 0.3 is 0 Å². The average molecular weight is 622 g/mol. The van der Waals surface area contributed by atoms with Gasteiger partial charge in [0.25, 0.3) is 0 Å². The number of aromatic nitrogens is 3. The first kappa shape index (κ1) is 26.5. The molecule has 0 radical (unpaired) electrons. The van der Waals surface area contributed by atoms with E-state index in [-0.39, 0.29) is 0 Å². The highest BCUT2D eigenvalue weighted by Gasteiger charge is 2.23. The summed E-state index contributed by atoms with van der Waals surface area (Å²) in [5, 5.41) is 14.5. The Kier molecular flexibility index (Phi) is 5.38. The number of hydrogen-bond donors (Lipinski definition) is 0. The van der Waals surface area contributed by atoms with Gasteiger partial charge in [0.05, 0.1) is 22.1 Å². The Labute approximate surface area is 281 Å². The molecule has 2 heterocycles. The minimum absolute atomic E-state index is 0.828. The molecule has 0 spiro atoms. The van der Waals surface area contributed by atoms with Crippen LogP contribution >= 0.6 is 0 Å². The Balaban J connectivity index is 1.38. The van der Waals surface area contributed by atoms with Crippen molar-refractivity contribution in [2.45, 2.75) is 0 Å². The Morgan fingerprint density at radius 3 is 1.53 bits per heavy atom. The summed E-state index contributed by atoms with van der Waals surface area (Å²) in [6.45, 7) is 0. The summed E-state index contributed by atoms with van der Waals surface area (Å²) in [6, 6.07) is 59.0. The molecule has 0 saturated heterocycles. The molecule has 0 aliphatic carbocycles. The lowest BCUT2D eigenvalue weighted by atomic mass is 9.95. The monoisotopic (exact) mass is 621 g/mol. The highest BCUT2D eigenvalue weighted by Crippen LogP contribution is 2.44. The Hall–Kier alpha value is -6.58. The first-order valence-corrected chi connectivity index (χ1v) is 16.8. The third-order valence-corrected chi connectivity index (χ3v) is 10.3. The highest BCUT2D eigenvalue weighted by molar-refractivity contribution is 6.33. The van der Waals surface area contributed by atoms with Crippen LogP contribution in [-0.4, -0.2) is 14.5 Å². The topological polar surface area (TPSA) is 30.7 Å². The fraction of sp³-hybridized carbons (Fsp3) is 0. The van der Waals surface area contributed by atoms with E-state index in [0.29, 0.717) is 0 Å². The molecule has 11 rings (SSSR count). The van der Waals surface area contributed by atoms with Crippen LogP contribution < -0.4 is 0 Å². The van der Waals surface area contributed by atoms with Crippen LogP contribution in [0.4, 0.5) is 0 Å². The molecule has 0 aliphatic rings. The predicted molar refractivity (Wildman–Crippen MR) is 207 cm³/mol. The maximum absolute atomic E-state index is 5.62. The van der Waals surface area contributed by atoms with E-state index in [9.17, 15) is 0 Å². The van der Waals surface area contributed by atoms with Crippen molar-refractivity contribution in [3.8, 4) is 17.1 Å². The SMILES string of the molecule is c1ccc2cc(-c3nc4ccc5ccccc5c4nc3-n3c4cccc5c6ccccc6c6ccccc6c6cccc3c6c54)ccc2c1. The van der Waals surface area contributed by atoms with Crippen LogP contribution in [0.15, 0.2) is 164 Å². The third-order valence-electron chi connectivity index (χ3n) is 10.3. The van der Waals surface area contributed by atoms with E-state index in [1.165, 1.54) is 53.9 Å². The summed E-state index contributed by atoms with van der Waals surface area (Å²) in [5.41, 5.74) is 5.92. The van der Waals surface area contributed by atoms with Crippen LogP contribution in [0.3, 0.4) is 0 Å². The van der Waals surface area contributed by atoms with Gasteiger partial charge in [-0.15, -0.1) is 0 Å². The minimum atomic E-state index is 0.828. The van der Waals surface area contributed by atoms with Crippen molar-refractivity contribution in [3.63, 3.8) is 0 Å². The van der Waals surface area contributed by atoms with E-state index in [2.05, 4.69) is 168 Å². The average Bonchev–Trinajstić information content (AvgIpc) is 3.51. The van der Waals surface area contributed by atoms with Gasteiger partial charge in [0.2, 0.25) is 0 Å². The van der Waals surface area contributed by atoms with Gasteiger partial charge in [-0.1, -0.05) is 140 Å². The molecular formula is C46H27N3. The lowest BCUT2D eigenvalue weighted by Crippen LogP contribution is -2.04. The number of rotatable bonds is 2. The van der Waals surface area contributed by atoms with E-state index < -0.39 is 0 Å². The molecule has 11 aromatic rings. The molecule has 0 saturated carbocycles. The molecule has 3 nitrogen and oxygen atoms in total. The van der Waals surface area contributed by atoms with E-state index in [0.717, 1.165) is 49.9 Å². The van der Waals surface area contributed by atoms with Gasteiger partial charge in [0.15, 0.2) is 5.82 Å². The molecule has 2 aromatic heterocycles. The molecule has 0 atom stereocenters. The van der Waals surface area contributed by atoms with Crippen molar-refractivity contribution in [1.82, 2.24) is 14.5 Å². The number of fused-ring (bicyclic) bond motifs is 9. The van der Waals surface area contributed by atoms with Gasteiger partial charge in [-0.25, -0.2) is 9.97 Å². The first-order valence-electron chi connectivity index (χ1n) is 16.8. The molecule has 0 N–H and O–H groups in total. The van der Waals surface area contributed by atoms with Crippen molar-refractivity contribution in [2.24, 2.45) is 0 Å². The zero-order valence-electron chi connectivity index (χ0n) is 26.4. The quantitative estimate of drug-likeness (QED) is 0.180. The summed E-state index contributed by atoms with van der Waals surface area (Å²) in [6.07, 6.45) is 0. The maximum atomic E-state index is 5.62. The van der Waals surface area contributed by atoms with Gasteiger partial charge in [-0.2, -0.15) is 0 Å². The van der Waals surface area contributed by atoms with Crippen LogP contribution in [0.25, 0.3) is 104 Å². The smallest absolute Gasteiger partial charge is 0.165 e. The summed E-state index contributed by atoms with van der Waals surface area (Å²) in [7, 11) is 0. The second kappa shape index (κ2) is 9.96. The number of benzene rings is 8. The maximum Gasteiger partial charge on any atom is 0.165 e. The molecule has 0 fully saturated rings. The van der Waals surface area contributed by atoms with Crippen molar-refractivity contribution >= 4 is 86.7 Å². The zero-order valence-corrected chi connectivity index (χ0v) is 26.4. The van der Waals surface area contributed by atoms with Gasteiger partial charge < -0.3 is 0 Å². The highest BCUT2D eigenvalue weighted by atomic mass is 15.1. The number of hydrogen-bond acceptors (Lipinski definition) is 2. The molecule has 49 heavy (non-hydrogen) atoms. The summed E-state index contributed by atoms with van der Waals surface area (Å²) < 4.78 is 2.37. The lowest BCUT2D eigenvalue weighted by molar-refractivity contribution is 1.08. The summed E-state index contributed by atoms with van der Waals surface area (Å²) in [4.78, 5) is 11.1. The Morgan fingerprint density at radius 2 is 0.878 bits per heavy atom. The van der Waals surface area contributed by atoms with Gasteiger partial charge in [-0.3, -0.25) is 4.57 Å². The fourth-order valence-corrected chi connectivity index (χ4v) is 8.16. The molecule has 0 bridgehead atoms. The van der Waals surface area contributed by atoms with Crippen molar-refractivity contribution in [2.75, 3.05) is 0 Å². The molecule has 226 valence electrons. The van der Waals surface area contributed by atoms with Crippen LogP contribution in [0, 0.1) is 0 Å².